The molecule has 9 heteroatoms. The molecule has 0 bridgehead atoms. The van der Waals surface area contributed by atoms with Crippen molar-refractivity contribution in [2.75, 3.05) is 19.5 Å². The Hall–Kier alpha value is -2.29. The van der Waals surface area contributed by atoms with E-state index in [-0.39, 0.29) is 6.03 Å². The number of carbonyl (C=O) groups excluding carboxylic acids is 1. The first-order chi connectivity index (χ1) is 11.6. The lowest BCUT2D eigenvalue weighted by Gasteiger charge is -2.13. The van der Waals surface area contributed by atoms with Crippen molar-refractivity contribution < 1.29 is 14.3 Å². The standard InChI is InChI=1S/C15H18BrN5O3/c1-23-11-6-9(16)10(7-12(11)24-2)18-15(22)17-8-14-20-19-13-4-3-5-21(13)14/h6-7H,3-5,8H2,1-2H3,(H2,17,18,22). The van der Waals surface area contributed by atoms with Crippen LogP contribution in [0.5, 0.6) is 11.5 Å². The molecule has 0 aliphatic carbocycles. The number of nitrogens with zero attached hydrogens (tertiary/aromatic N) is 3. The fourth-order valence-corrected chi connectivity index (χ4v) is 3.04. The number of anilines is 1. The zero-order valence-corrected chi connectivity index (χ0v) is 15.0. The van der Waals surface area contributed by atoms with Crippen molar-refractivity contribution >= 4 is 27.6 Å². The minimum absolute atomic E-state index is 0.323. The predicted molar refractivity (Wildman–Crippen MR) is 91.4 cm³/mol. The average Bonchev–Trinajstić information content (AvgIpc) is 3.18. The van der Waals surface area contributed by atoms with Crippen molar-refractivity contribution in [1.29, 1.82) is 0 Å². The SMILES string of the molecule is COc1cc(Br)c(NC(=O)NCc2nnc3n2CCC3)cc1OC. The van der Waals surface area contributed by atoms with Crippen LogP contribution in [-0.4, -0.2) is 35.0 Å². The van der Waals surface area contributed by atoms with Crippen molar-refractivity contribution in [3.8, 4) is 11.5 Å². The highest BCUT2D eigenvalue weighted by Gasteiger charge is 2.18. The second-order valence-corrected chi connectivity index (χ2v) is 6.14. The van der Waals surface area contributed by atoms with Gasteiger partial charge in [0.25, 0.3) is 0 Å². The molecule has 3 rings (SSSR count). The largest absolute Gasteiger partial charge is 0.493 e. The summed E-state index contributed by atoms with van der Waals surface area (Å²) in [6, 6.07) is 3.09. The van der Waals surface area contributed by atoms with Crippen LogP contribution in [0.2, 0.25) is 0 Å². The van der Waals surface area contributed by atoms with Crippen molar-refractivity contribution in [2.24, 2.45) is 0 Å². The molecule has 1 aliphatic rings. The van der Waals surface area contributed by atoms with Gasteiger partial charge >= 0.3 is 6.03 Å². The van der Waals surface area contributed by atoms with Crippen LogP contribution in [0.25, 0.3) is 0 Å². The fourth-order valence-electron chi connectivity index (χ4n) is 2.62. The van der Waals surface area contributed by atoms with Crippen LogP contribution >= 0.6 is 15.9 Å². The molecule has 0 spiro atoms. The number of halogens is 1. The van der Waals surface area contributed by atoms with Gasteiger partial charge in [-0.2, -0.15) is 0 Å². The summed E-state index contributed by atoms with van der Waals surface area (Å²) in [7, 11) is 3.10. The maximum Gasteiger partial charge on any atom is 0.319 e. The maximum atomic E-state index is 12.1. The molecule has 1 aromatic heterocycles. The number of ether oxygens (including phenoxy) is 2. The number of aryl methyl sites for hydroxylation is 1. The van der Waals surface area contributed by atoms with E-state index in [1.165, 1.54) is 0 Å². The second-order valence-electron chi connectivity index (χ2n) is 5.28. The van der Waals surface area contributed by atoms with Crippen LogP contribution in [0, 0.1) is 0 Å². The first-order valence-corrected chi connectivity index (χ1v) is 8.29. The van der Waals surface area contributed by atoms with Gasteiger partial charge in [-0.05, 0) is 22.4 Å². The highest BCUT2D eigenvalue weighted by atomic mass is 79.9. The summed E-state index contributed by atoms with van der Waals surface area (Å²) in [6.07, 6.45) is 2.01. The first-order valence-electron chi connectivity index (χ1n) is 7.49. The van der Waals surface area contributed by atoms with Gasteiger partial charge in [-0.1, -0.05) is 0 Å². The van der Waals surface area contributed by atoms with Crippen molar-refractivity contribution in [3.63, 3.8) is 0 Å². The molecule has 0 saturated carbocycles. The van der Waals surface area contributed by atoms with Gasteiger partial charge in [-0.3, -0.25) is 0 Å². The molecule has 0 radical (unpaired) electrons. The van der Waals surface area contributed by atoms with E-state index in [0.717, 1.165) is 31.0 Å². The average molecular weight is 396 g/mol. The maximum absolute atomic E-state index is 12.1. The monoisotopic (exact) mass is 395 g/mol. The van der Waals surface area contributed by atoms with Crippen molar-refractivity contribution in [3.05, 3.63) is 28.3 Å². The topological polar surface area (TPSA) is 90.3 Å². The third-order valence-corrected chi connectivity index (χ3v) is 4.47. The van der Waals surface area contributed by atoms with Gasteiger partial charge in [0, 0.05) is 29.6 Å². The molecule has 0 saturated heterocycles. The zero-order valence-electron chi connectivity index (χ0n) is 13.4. The number of rotatable bonds is 5. The molecule has 2 N–H and O–H groups in total. The van der Waals surface area contributed by atoms with Gasteiger partial charge in [0.2, 0.25) is 0 Å². The highest BCUT2D eigenvalue weighted by molar-refractivity contribution is 9.10. The Morgan fingerprint density at radius 2 is 2.04 bits per heavy atom. The smallest absolute Gasteiger partial charge is 0.319 e. The van der Waals surface area contributed by atoms with Crippen LogP contribution in [0.1, 0.15) is 18.1 Å². The summed E-state index contributed by atoms with van der Waals surface area (Å²) in [5.74, 6) is 2.86. The van der Waals surface area contributed by atoms with Crippen molar-refractivity contribution in [1.82, 2.24) is 20.1 Å². The molecule has 8 nitrogen and oxygen atoms in total. The molecule has 0 fully saturated rings. The van der Waals surface area contributed by atoms with E-state index in [4.69, 9.17) is 9.47 Å². The lowest BCUT2D eigenvalue weighted by molar-refractivity contribution is 0.251. The van der Waals surface area contributed by atoms with E-state index in [1.807, 2.05) is 4.57 Å². The summed E-state index contributed by atoms with van der Waals surface area (Å²) in [5.41, 5.74) is 0.580. The fraction of sp³-hybridized carbons (Fsp3) is 0.400. The van der Waals surface area contributed by atoms with Gasteiger partial charge in [0.1, 0.15) is 5.82 Å². The molecule has 24 heavy (non-hydrogen) atoms. The summed E-state index contributed by atoms with van der Waals surface area (Å²) < 4.78 is 13.2. The summed E-state index contributed by atoms with van der Waals surface area (Å²) in [4.78, 5) is 12.1. The number of fused-ring (bicyclic) bond motifs is 1. The Bertz CT molecular complexity index is 762. The number of carbonyl (C=O) groups is 1. The molecule has 1 aliphatic heterocycles. The molecule has 2 aromatic rings. The van der Waals surface area contributed by atoms with Gasteiger partial charge in [-0.25, -0.2) is 4.79 Å². The summed E-state index contributed by atoms with van der Waals surface area (Å²) >= 11 is 3.41. The zero-order chi connectivity index (χ0) is 17.1. The molecular weight excluding hydrogens is 378 g/mol. The number of hydrogen-bond acceptors (Lipinski definition) is 5. The molecule has 0 atom stereocenters. The predicted octanol–water partition coefficient (Wildman–Crippen LogP) is 2.33. The lowest BCUT2D eigenvalue weighted by atomic mass is 10.2. The molecule has 1 aromatic carbocycles. The van der Waals surface area contributed by atoms with Gasteiger partial charge in [0.15, 0.2) is 17.3 Å². The van der Waals surface area contributed by atoms with Gasteiger partial charge in [0.05, 0.1) is 26.5 Å². The van der Waals surface area contributed by atoms with Crippen LogP contribution in [0.15, 0.2) is 16.6 Å². The number of methoxy groups -OCH3 is 2. The van der Waals surface area contributed by atoms with Crippen LogP contribution in [-0.2, 0) is 19.5 Å². The third kappa shape index (κ3) is 3.30. The number of nitrogens with one attached hydrogen (secondary N) is 2. The number of aromatic nitrogens is 3. The first kappa shape index (κ1) is 16.6. The molecule has 2 amide bonds. The third-order valence-electron chi connectivity index (χ3n) is 3.81. The molecule has 0 unspecified atom stereocenters. The van der Waals surface area contributed by atoms with E-state index in [1.54, 1.807) is 26.4 Å². The highest BCUT2D eigenvalue weighted by Crippen LogP contribution is 2.36. The quantitative estimate of drug-likeness (QED) is 0.810. The molecular formula is C15H18BrN5O3. The van der Waals surface area contributed by atoms with Crippen LogP contribution in [0.3, 0.4) is 0 Å². The van der Waals surface area contributed by atoms with Crippen molar-refractivity contribution in [2.45, 2.75) is 25.9 Å². The molecule has 2 heterocycles. The Balaban J connectivity index is 1.64. The number of hydrogen-bond donors (Lipinski definition) is 2. The summed E-state index contributed by atoms with van der Waals surface area (Å²) in [5, 5.41) is 13.8. The van der Waals surface area contributed by atoms with Gasteiger partial charge in [-0.15, -0.1) is 10.2 Å². The Kier molecular flexibility index (Phi) is 4.89. The van der Waals surface area contributed by atoms with E-state index < -0.39 is 0 Å². The Labute approximate surface area is 147 Å². The van der Waals surface area contributed by atoms with E-state index in [0.29, 0.717) is 28.2 Å². The van der Waals surface area contributed by atoms with Crippen LogP contribution in [0.4, 0.5) is 10.5 Å². The Morgan fingerprint density at radius 1 is 1.29 bits per heavy atom. The Morgan fingerprint density at radius 3 is 2.79 bits per heavy atom. The number of urea groups is 1. The molecule has 128 valence electrons. The number of amides is 2. The van der Waals surface area contributed by atoms with Gasteiger partial charge < -0.3 is 24.7 Å². The lowest BCUT2D eigenvalue weighted by Crippen LogP contribution is -2.29. The summed E-state index contributed by atoms with van der Waals surface area (Å²) in [6.45, 7) is 1.23. The normalized spacial score (nSPS) is 12.6. The minimum atomic E-state index is -0.335. The van der Waals surface area contributed by atoms with E-state index >= 15 is 0 Å². The number of benzene rings is 1. The second kappa shape index (κ2) is 7.08. The van der Waals surface area contributed by atoms with Crippen LogP contribution < -0.4 is 20.1 Å². The minimum Gasteiger partial charge on any atom is -0.493 e. The van der Waals surface area contributed by atoms with E-state index in [9.17, 15) is 4.79 Å². The van der Waals surface area contributed by atoms with E-state index in [2.05, 4.69) is 36.8 Å².